The van der Waals surface area contributed by atoms with Crippen LogP contribution in [0.25, 0.3) is 0 Å². The van der Waals surface area contributed by atoms with Crippen molar-refractivity contribution < 1.29 is 0 Å². The van der Waals surface area contributed by atoms with Crippen molar-refractivity contribution in [1.82, 2.24) is 5.32 Å². The predicted octanol–water partition coefficient (Wildman–Crippen LogP) is 5.02. The Hall–Kier alpha value is -0.0500. The van der Waals surface area contributed by atoms with Crippen LogP contribution in [0.1, 0.15) is 38.7 Å². The lowest BCUT2D eigenvalue weighted by Crippen LogP contribution is -2.35. The van der Waals surface area contributed by atoms with E-state index in [-0.39, 0.29) is 0 Å². The van der Waals surface area contributed by atoms with Gasteiger partial charge in [-0.1, -0.05) is 31.5 Å². The summed E-state index contributed by atoms with van der Waals surface area (Å²) >= 11 is 9.53. The van der Waals surface area contributed by atoms with Crippen LogP contribution in [0.5, 0.6) is 0 Å². The number of hydrogen-bond acceptors (Lipinski definition) is 1. The summed E-state index contributed by atoms with van der Waals surface area (Å²) in [6.45, 7) is 5.64. The maximum absolute atomic E-state index is 6.11. The number of halogens is 2. The molecule has 1 aliphatic carbocycles. The fraction of sp³-hybridized carbons (Fsp3) is 0.600. The molecule has 0 radical (unpaired) electrons. The first-order chi connectivity index (χ1) is 8.54. The molecule has 2 unspecified atom stereocenters. The van der Waals surface area contributed by atoms with Crippen LogP contribution in [0.4, 0.5) is 0 Å². The molecule has 0 bridgehead atoms. The van der Waals surface area contributed by atoms with Crippen LogP contribution in [-0.2, 0) is 6.54 Å². The van der Waals surface area contributed by atoms with Crippen LogP contribution in [0, 0.1) is 11.8 Å². The monoisotopic (exact) mass is 329 g/mol. The van der Waals surface area contributed by atoms with E-state index in [9.17, 15) is 0 Å². The van der Waals surface area contributed by atoms with E-state index < -0.39 is 0 Å². The van der Waals surface area contributed by atoms with Crippen molar-refractivity contribution in [2.24, 2.45) is 11.8 Å². The van der Waals surface area contributed by atoms with Crippen molar-refractivity contribution in [2.45, 2.75) is 45.7 Å². The minimum Gasteiger partial charge on any atom is -0.310 e. The Labute approximate surface area is 123 Å². The third kappa shape index (κ3) is 3.97. The molecular formula is C15H21BrClN. The zero-order valence-electron chi connectivity index (χ0n) is 11.0. The Bertz CT molecular complexity index is 397. The minimum absolute atomic E-state index is 0.658. The molecule has 18 heavy (non-hydrogen) atoms. The summed E-state index contributed by atoms with van der Waals surface area (Å²) in [5, 5.41) is 4.46. The summed E-state index contributed by atoms with van der Waals surface area (Å²) in [4.78, 5) is 0. The smallest absolute Gasteiger partial charge is 0.0551 e. The molecule has 1 saturated carbocycles. The van der Waals surface area contributed by atoms with Crippen molar-refractivity contribution in [1.29, 1.82) is 0 Å². The molecule has 2 rings (SSSR count). The highest BCUT2D eigenvalue weighted by molar-refractivity contribution is 9.10. The van der Waals surface area contributed by atoms with Crippen LogP contribution in [0.15, 0.2) is 22.7 Å². The van der Waals surface area contributed by atoms with E-state index in [1.54, 1.807) is 0 Å². The van der Waals surface area contributed by atoms with Gasteiger partial charge in [-0.05, 0) is 64.7 Å². The van der Waals surface area contributed by atoms with Gasteiger partial charge in [-0.25, -0.2) is 0 Å². The third-order valence-corrected chi connectivity index (χ3v) is 4.99. The normalized spacial score (nSPS) is 28.3. The molecule has 0 amide bonds. The molecule has 1 fully saturated rings. The van der Waals surface area contributed by atoms with Crippen LogP contribution in [0.2, 0.25) is 5.02 Å². The van der Waals surface area contributed by atoms with Gasteiger partial charge >= 0.3 is 0 Å². The largest absolute Gasteiger partial charge is 0.310 e. The zero-order valence-corrected chi connectivity index (χ0v) is 13.4. The molecule has 1 aromatic carbocycles. The first-order valence-corrected chi connectivity index (χ1v) is 7.89. The standard InChI is InChI=1S/C15H21BrClN/c1-10-5-11(2)7-13(6-10)18-9-12-3-4-14(16)15(17)8-12/h3-4,8,10-11,13,18H,5-7,9H2,1-2H3. The molecule has 0 saturated heterocycles. The first-order valence-electron chi connectivity index (χ1n) is 6.72. The van der Waals surface area contributed by atoms with Crippen molar-refractivity contribution in [3.8, 4) is 0 Å². The molecule has 0 spiro atoms. The lowest BCUT2D eigenvalue weighted by molar-refractivity contribution is 0.238. The zero-order chi connectivity index (χ0) is 13.1. The summed E-state index contributed by atoms with van der Waals surface area (Å²) in [7, 11) is 0. The fourth-order valence-electron chi connectivity index (χ4n) is 3.03. The number of hydrogen-bond donors (Lipinski definition) is 1. The second-order valence-corrected chi connectivity index (χ2v) is 7.01. The molecule has 2 atom stereocenters. The third-order valence-electron chi connectivity index (χ3n) is 3.76. The Morgan fingerprint density at radius 2 is 1.89 bits per heavy atom. The van der Waals surface area contributed by atoms with E-state index in [2.05, 4.69) is 41.2 Å². The average Bonchev–Trinajstić information content (AvgIpc) is 2.29. The van der Waals surface area contributed by atoms with Gasteiger partial charge in [0, 0.05) is 17.1 Å². The van der Waals surface area contributed by atoms with Crippen LogP contribution < -0.4 is 5.32 Å². The number of benzene rings is 1. The SMILES string of the molecule is CC1CC(C)CC(NCc2ccc(Br)c(Cl)c2)C1. The summed E-state index contributed by atoms with van der Waals surface area (Å²) < 4.78 is 0.966. The van der Waals surface area contributed by atoms with E-state index in [0.29, 0.717) is 6.04 Å². The Morgan fingerprint density at radius 3 is 2.50 bits per heavy atom. The summed E-state index contributed by atoms with van der Waals surface area (Å²) in [6, 6.07) is 6.84. The van der Waals surface area contributed by atoms with Gasteiger partial charge in [0.05, 0.1) is 5.02 Å². The molecule has 0 aliphatic heterocycles. The van der Waals surface area contributed by atoms with Gasteiger partial charge in [0.25, 0.3) is 0 Å². The van der Waals surface area contributed by atoms with Gasteiger partial charge in [0.15, 0.2) is 0 Å². The van der Waals surface area contributed by atoms with Gasteiger partial charge in [-0.3, -0.25) is 0 Å². The lowest BCUT2D eigenvalue weighted by atomic mass is 9.80. The second-order valence-electron chi connectivity index (χ2n) is 5.74. The molecule has 1 N–H and O–H groups in total. The Kier molecular flexibility index (Phi) is 5.11. The molecule has 1 aliphatic rings. The molecule has 0 aromatic heterocycles. The average molecular weight is 331 g/mol. The quantitative estimate of drug-likeness (QED) is 0.821. The van der Waals surface area contributed by atoms with Crippen LogP contribution in [-0.4, -0.2) is 6.04 Å². The van der Waals surface area contributed by atoms with Crippen molar-refractivity contribution in [2.75, 3.05) is 0 Å². The van der Waals surface area contributed by atoms with E-state index in [0.717, 1.165) is 27.9 Å². The molecule has 1 aromatic rings. The Morgan fingerprint density at radius 1 is 1.22 bits per heavy atom. The number of nitrogens with one attached hydrogen (secondary N) is 1. The van der Waals surface area contributed by atoms with Crippen molar-refractivity contribution in [3.63, 3.8) is 0 Å². The summed E-state index contributed by atoms with van der Waals surface area (Å²) in [6.07, 6.45) is 3.98. The van der Waals surface area contributed by atoms with Gasteiger partial charge < -0.3 is 5.32 Å². The Balaban J connectivity index is 1.89. The molecule has 0 heterocycles. The van der Waals surface area contributed by atoms with E-state index in [4.69, 9.17) is 11.6 Å². The molecular weight excluding hydrogens is 310 g/mol. The van der Waals surface area contributed by atoms with Gasteiger partial charge in [0.1, 0.15) is 0 Å². The highest BCUT2D eigenvalue weighted by Gasteiger charge is 2.23. The highest BCUT2D eigenvalue weighted by Crippen LogP contribution is 2.29. The van der Waals surface area contributed by atoms with E-state index in [1.165, 1.54) is 24.8 Å². The maximum atomic E-state index is 6.11. The van der Waals surface area contributed by atoms with Gasteiger partial charge in [-0.2, -0.15) is 0 Å². The molecule has 1 nitrogen and oxygen atoms in total. The predicted molar refractivity (Wildman–Crippen MR) is 82.0 cm³/mol. The summed E-state index contributed by atoms with van der Waals surface area (Å²) in [5.74, 6) is 1.69. The second kappa shape index (κ2) is 6.40. The van der Waals surface area contributed by atoms with Crippen molar-refractivity contribution >= 4 is 27.5 Å². The van der Waals surface area contributed by atoms with Crippen LogP contribution >= 0.6 is 27.5 Å². The van der Waals surface area contributed by atoms with E-state index >= 15 is 0 Å². The minimum atomic E-state index is 0.658. The maximum Gasteiger partial charge on any atom is 0.0551 e. The van der Waals surface area contributed by atoms with Crippen molar-refractivity contribution in [3.05, 3.63) is 33.3 Å². The van der Waals surface area contributed by atoms with Crippen LogP contribution in [0.3, 0.4) is 0 Å². The molecule has 3 heteroatoms. The highest BCUT2D eigenvalue weighted by atomic mass is 79.9. The van der Waals surface area contributed by atoms with E-state index in [1.807, 2.05) is 12.1 Å². The fourth-order valence-corrected chi connectivity index (χ4v) is 3.48. The topological polar surface area (TPSA) is 12.0 Å². The van der Waals surface area contributed by atoms with Gasteiger partial charge in [-0.15, -0.1) is 0 Å². The van der Waals surface area contributed by atoms with Gasteiger partial charge in [0.2, 0.25) is 0 Å². The molecule has 100 valence electrons. The summed E-state index contributed by atoms with van der Waals surface area (Å²) in [5.41, 5.74) is 1.26. The number of rotatable bonds is 3. The first kappa shape index (κ1) is 14.4. The lowest BCUT2D eigenvalue weighted by Gasteiger charge is -2.32.